The molecule has 1 heterocycles. The SMILES string of the molecule is CC1CCCN(CC(=O)NC2CCCCC2)C1CO. The number of hydrogen-bond donors (Lipinski definition) is 2. The molecule has 0 aromatic heterocycles. The van der Waals surface area contributed by atoms with Crippen LogP contribution >= 0.6 is 0 Å². The van der Waals surface area contributed by atoms with E-state index in [2.05, 4.69) is 17.1 Å². The maximum absolute atomic E-state index is 12.1. The minimum Gasteiger partial charge on any atom is -0.395 e. The van der Waals surface area contributed by atoms with Gasteiger partial charge < -0.3 is 10.4 Å². The minimum absolute atomic E-state index is 0.138. The summed E-state index contributed by atoms with van der Waals surface area (Å²) >= 11 is 0. The van der Waals surface area contributed by atoms with E-state index in [1.165, 1.54) is 19.3 Å². The Bertz CT molecular complexity index is 290. The third-order valence-corrected chi connectivity index (χ3v) is 4.73. The summed E-state index contributed by atoms with van der Waals surface area (Å²) in [5.74, 6) is 0.626. The number of nitrogens with zero attached hydrogens (tertiary/aromatic N) is 1. The lowest BCUT2D eigenvalue weighted by atomic mass is 9.91. The summed E-state index contributed by atoms with van der Waals surface area (Å²) < 4.78 is 0. The van der Waals surface area contributed by atoms with Crippen molar-refractivity contribution < 1.29 is 9.90 Å². The summed E-state index contributed by atoms with van der Waals surface area (Å²) in [7, 11) is 0. The van der Waals surface area contributed by atoms with Gasteiger partial charge in [0.25, 0.3) is 0 Å². The summed E-state index contributed by atoms with van der Waals surface area (Å²) in [4.78, 5) is 14.3. The molecule has 2 N–H and O–H groups in total. The van der Waals surface area contributed by atoms with Gasteiger partial charge in [-0.1, -0.05) is 26.2 Å². The molecule has 1 amide bonds. The van der Waals surface area contributed by atoms with Crippen molar-refractivity contribution in [1.82, 2.24) is 10.2 Å². The van der Waals surface area contributed by atoms with Gasteiger partial charge in [0, 0.05) is 12.1 Å². The lowest BCUT2D eigenvalue weighted by molar-refractivity contribution is -0.124. The molecule has 1 aliphatic carbocycles. The minimum atomic E-state index is 0.138. The summed E-state index contributed by atoms with van der Waals surface area (Å²) in [6, 6.07) is 0.543. The molecular formula is C15H28N2O2. The molecule has 1 aliphatic heterocycles. The highest BCUT2D eigenvalue weighted by molar-refractivity contribution is 5.78. The number of carbonyl (C=O) groups is 1. The summed E-state index contributed by atoms with van der Waals surface area (Å²) in [5, 5.41) is 12.7. The van der Waals surface area contributed by atoms with Crippen LogP contribution in [0.25, 0.3) is 0 Å². The van der Waals surface area contributed by atoms with Crippen LogP contribution in [0.15, 0.2) is 0 Å². The van der Waals surface area contributed by atoms with Gasteiger partial charge in [-0.15, -0.1) is 0 Å². The van der Waals surface area contributed by atoms with Crippen molar-refractivity contribution in [2.45, 2.75) is 64.0 Å². The van der Waals surface area contributed by atoms with Crippen LogP contribution in [0.5, 0.6) is 0 Å². The van der Waals surface area contributed by atoms with Crippen LogP contribution in [0.2, 0.25) is 0 Å². The zero-order chi connectivity index (χ0) is 13.7. The average molecular weight is 268 g/mol. The lowest BCUT2D eigenvalue weighted by Gasteiger charge is -2.38. The highest BCUT2D eigenvalue weighted by atomic mass is 16.3. The largest absolute Gasteiger partial charge is 0.395 e. The highest BCUT2D eigenvalue weighted by Gasteiger charge is 2.29. The second-order valence-electron chi connectivity index (χ2n) is 6.24. The first-order chi connectivity index (χ1) is 9.20. The molecule has 19 heavy (non-hydrogen) atoms. The molecule has 2 aliphatic rings. The van der Waals surface area contributed by atoms with Gasteiger partial charge in [-0.25, -0.2) is 0 Å². The third-order valence-electron chi connectivity index (χ3n) is 4.73. The molecule has 4 heteroatoms. The number of nitrogens with one attached hydrogen (secondary N) is 1. The van der Waals surface area contributed by atoms with Gasteiger partial charge in [-0.3, -0.25) is 9.69 Å². The second-order valence-corrected chi connectivity index (χ2v) is 6.24. The van der Waals surface area contributed by atoms with Crippen molar-refractivity contribution in [3.8, 4) is 0 Å². The molecule has 1 saturated carbocycles. The Morgan fingerprint density at radius 1 is 1.21 bits per heavy atom. The first-order valence-electron chi connectivity index (χ1n) is 7.85. The highest BCUT2D eigenvalue weighted by Crippen LogP contribution is 2.23. The van der Waals surface area contributed by atoms with Gasteiger partial charge >= 0.3 is 0 Å². The Labute approximate surface area is 116 Å². The number of aliphatic hydroxyl groups excluding tert-OH is 1. The molecule has 110 valence electrons. The average Bonchev–Trinajstić information content (AvgIpc) is 2.40. The summed E-state index contributed by atoms with van der Waals surface area (Å²) in [6.07, 6.45) is 8.34. The van der Waals surface area contributed by atoms with E-state index in [0.717, 1.165) is 32.2 Å². The maximum atomic E-state index is 12.1. The molecule has 2 rings (SSSR count). The van der Waals surface area contributed by atoms with Crippen LogP contribution in [-0.2, 0) is 4.79 Å². The number of likely N-dealkylation sites (tertiary alicyclic amines) is 1. The predicted molar refractivity (Wildman–Crippen MR) is 75.9 cm³/mol. The van der Waals surface area contributed by atoms with Crippen molar-refractivity contribution in [1.29, 1.82) is 0 Å². The number of aliphatic hydroxyl groups is 1. The van der Waals surface area contributed by atoms with Crippen LogP contribution < -0.4 is 5.32 Å². The standard InChI is InChI=1S/C15H28N2O2/c1-12-6-5-9-17(14(12)11-18)10-15(19)16-13-7-3-2-4-8-13/h12-14,18H,2-11H2,1H3,(H,16,19). The summed E-state index contributed by atoms with van der Waals surface area (Å²) in [6.45, 7) is 3.73. The first-order valence-corrected chi connectivity index (χ1v) is 7.85. The smallest absolute Gasteiger partial charge is 0.234 e. The van der Waals surface area contributed by atoms with Crippen LogP contribution in [0, 0.1) is 5.92 Å². The normalized spacial score (nSPS) is 30.2. The molecule has 2 atom stereocenters. The third kappa shape index (κ3) is 4.18. The van der Waals surface area contributed by atoms with Crippen LogP contribution in [-0.4, -0.2) is 47.7 Å². The topological polar surface area (TPSA) is 52.6 Å². The van der Waals surface area contributed by atoms with E-state index in [9.17, 15) is 9.90 Å². The Hall–Kier alpha value is -0.610. The molecule has 1 saturated heterocycles. The van der Waals surface area contributed by atoms with Gasteiger partial charge in [-0.05, 0) is 38.1 Å². The van der Waals surface area contributed by atoms with E-state index >= 15 is 0 Å². The van der Waals surface area contributed by atoms with Gasteiger partial charge in [-0.2, -0.15) is 0 Å². The van der Waals surface area contributed by atoms with Crippen LogP contribution in [0.4, 0.5) is 0 Å². The van der Waals surface area contributed by atoms with E-state index in [1.54, 1.807) is 0 Å². The first kappa shape index (κ1) is 14.8. The number of carbonyl (C=O) groups excluding carboxylic acids is 1. The van der Waals surface area contributed by atoms with Crippen molar-refractivity contribution in [2.75, 3.05) is 19.7 Å². The van der Waals surface area contributed by atoms with E-state index in [1.807, 2.05) is 0 Å². The van der Waals surface area contributed by atoms with Gasteiger partial charge in [0.1, 0.15) is 0 Å². The number of hydrogen-bond acceptors (Lipinski definition) is 3. The van der Waals surface area contributed by atoms with Crippen molar-refractivity contribution >= 4 is 5.91 Å². The number of piperidine rings is 1. The monoisotopic (exact) mass is 268 g/mol. The van der Waals surface area contributed by atoms with Crippen LogP contribution in [0.3, 0.4) is 0 Å². The zero-order valence-corrected chi connectivity index (χ0v) is 12.1. The Kier molecular flexibility index (Phi) is 5.64. The van der Waals surface area contributed by atoms with E-state index in [0.29, 0.717) is 18.5 Å². The molecule has 0 radical (unpaired) electrons. The maximum Gasteiger partial charge on any atom is 0.234 e. The molecule has 0 bridgehead atoms. The molecular weight excluding hydrogens is 240 g/mol. The van der Waals surface area contributed by atoms with Crippen molar-refractivity contribution in [3.63, 3.8) is 0 Å². The van der Waals surface area contributed by atoms with E-state index in [4.69, 9.17) is 0 Å². The molecule has 2 fully saturated rings. The Morgan fingerprint density at radius 3 is 2.63 bits per heavy atom. The van der Waals surface area contributed by atoms with E-state index < -0.39 is 0 Å². The quantitative estimate of drug-likeness (QED) is 0.813. The second kappa shape index (κ2) is 7.25. The fraction of sp³-hybridized carbons (Fsp3) is 0.933. The van der Waals surface area contributed by atoms with Crippen molar-refractivity contribution in [3.05, 3.63) is 0 Å². The number of amides is 1. The van der Waals surface area contributed by atoms with Gasteiger partial charge in [0.15, 0.2) is 0 Å². The lowest BCUT2D eigenvalue weighted by Crippen LogP contribution is -2.51. The fourth-order valence-electron chi connectivity index (χ4n) is 3.53. The summed E-state index contributed by atoms with van der Waals surface area (Å²) in [5.41, 5.74) is 0. The van der Waals surface area contributed by atoms with E-state index in [-0.39, 0.29) is 18.6 Å². The van der Waals surface area contributed by atoms with Gasteiger partial charge in [0.2, 0.25) is 5.91 Å². The molecule has 0 aromatic carbocycles. The Balaban J connectivity index is 1.79. The van der Waals surface area contributed by atoms with Crippen molar-refractivity contribution in [2.24, 2.45) is 5.92 Å². The molecule has 0 spiro atoms. The fourth-order valence-corrected chi connectivity index (χ4v) is 3.53. The van der Waals surface area contributed by atoms with Gasteiger partial charge in [0.05, 0.1) is 13.2 Å². The molecule has 4 nitrogen and oxygen atoms in total. The van der Waals surface area contributed by atoms with Crippen LogP contribution in [0.1, 0.15) is 51.9 Å². The predicted octanol–water partition coefficient (Wildman–Crippen LogP) is 1.53. The number of rotatable bonds is 4. The molecule has 0 aromatic rings. The Morgan fingerprint density at radius 2 is 1.95 bits per heavy atom. The molecule has 2 unspecified atom stereocenters. The zero-order valence-electron chi connectivity index (χ0n) is 12.1.